The van der Waals surface area contributed by atoms with Gasteiger partial charge >= 0.3 is 0 Å². The Labute approximate surface area is 314 Å². The molecule has 0 saturated heterocycles. The Hall–Kier alpha value is -2.39. The molecule has 0 aliphatic heterocycles. The number of nitrogens with zero attached hydrogens (tertiary/aromatic N) is 1. The van der Waals surface area contributed by atoms with Crippen molar-refractivity contribution in [3.05, 3.63) is 81.7 Å². The van der Waals surface area contributed by atoms with E-state index < -0.39 is 23.2 Å². The van der Waals surface area contributed by atoms with E-state index in [1.165, 1.54) is 55.4 Å². The van der Waals surface area contributed by atoms with Gasteiger partial charge < -0.3 is 20.4 Å². The molecule has 1 aromatic heterocycles. The Balaban J connectivity index is 1.17. The van der Waals surface area contributed by atoms with Gasteiger partial charge in [-0.1, -0.05) is 48.9 Å². The van der Waals surface area contributed by atoms with Crippen molar-refractivity contribution in [3.63, 3.8) is 0 Å². The van der Waals surface area contributed by atoms with Crippen molar-refractivity contribution in [1.29, 1.82) is 0 Å². The summed E-state index contributed by atoms with van der Waals surface area (Å²) in [5.74, 6) is 2.39. The SMILES string of the molecule is CC1=CCCC2(C)C(CCC2(O)CN(CC(O)CO)CC23CC4CC(CC(C4)C2)C3)c2ccc(cc2C(=O)c2cc3ccccc3s2)CC(O)CC1. The lowest BCUT2D eigenvalue weighted by atomic mass is 9.49. The smallest absolute Gasteiger partial charge is 0.203 e. The molecule has 280 valence electrons. The van der Waals surface area contributed by atoms with Gasteiger partial charge in [0.15, 0.2) is 0 Å². The molecule has 10 rings (SSSR count). The number of carbonyl (C=O) groups is 1. The predicted molar refractivity (Wildman–Crippen MR) is 209 cm³/mol. The highest BCUT2D eigenvalue weighted by atomic mass is 32.1. The molecule has 7 aliphatic rings. The van der Waals surface area contributed by atoms with Crippen LogP contribution in [0, 0.1) is 28.6 Å². The fraction of sp³-hybridized carbons (Fsp3) is 0.622. The monoisotopic (exact) mass is 725 g/mol. The number of aliphatic hydroxyl groups is 4. The van der Waals surface area contributed by atoms with E-state index in [-0.39, 0.29) is 23.7 Å². The molecule has 3 aromatic rings. The molecule has 0 radical (unpaired) electrons. The van der Waals surface area contributed by atoms with E-state index in [1.807, 2.05) is 24.3 Å². The quantitative estimate of drug-likeness (QED) is 0.132. The first-order chi connectivity index (χ1) is 24.9. The van der Waals surface area contributed by atoms with Gasteiger partial charge in [-0.3, -0.25) is 9.69 Å². The van der Waals surface area contributed by atoms with Crippen molar-refractivity contribution in [2.45, 2.75) is 121 Å². The zero-order valence-electron chi connectivity index (χ0n) is 31.2. The minimum Gasteiger partial charge on any atom is -0.394 e. The summed E-state index contributed by atoms with van der Waals surface area (Å²) < 4.78 is 1.09. The van der Waals surface area contributed by atoms with Crippen LogP contribution in [0.4, 0.5) is 0 Å². The second-order valence-corrected chi connectivity index (χ2v) is 19.4. The van der Waals surface area contributed by atoms with Crippen LogP contribution >= 0.6 is 11.3 Å². The lowest BCUT2D eigenvalue weighted by molar-refractivity contribution is -0.114. The first-order valence-electron chi connectivity index (χ1n) is 20.2. The molecule has 6 bridgehead atoms. The third kappa shape index (κ3) is 6.99. The topological polar surface area (TPSA) is 101 Å². The Morgan fingerprint density at radius 3 is 2.42 bits per heavy atom. The number of hydrogen-bond donors (Lipinski definition) is 4. The number of ketones is 1. The van der Waals surface area contributed by atoms with Crippen LogP contribution in [0.15, 0.2) is 60.2 Å². The van der Waals surface area contributed by atoms with Crippen LogP contribution in [-0.2, 0) is 6.42 Å². The summed E-state index contributed by atoms with van der Waals surface area (Å²) in [6.45, 7) is 5.79. The van der Waals surface area contributed by atoms with Gasteiger partial charge in [-0.2, -0.15) is 0 Å². The summed E-state index contributed by atoms with van der Waals surface area (Å²) in [6.07, 6.45) is 13.7. The number of thiophene rings is 1. The van der Waals surface area contributed by atoms with E-state index in [0.717, 1.165) is 76.1 Å². The van der Waals surface area contributed by atoms with Crippen molar-refractivity contribution in [2.24, 2.45) is 28.6 Å². The van der Waals surface area contributed by atoms with Gasteiger partial charge in [0.05, 0.1) is 29.3 Å². The van der Waals surface area contributed by atoms with Crippen molar-refractivity contribution < 1.29 is 25.2 Å². The number of carbonyl (C=O) groups excluding carboxylic acids is 1. The van der Waals surface area contributed by atoms with E-state index in [2.05, 4.69) is 49.1 Å². The van der Waals surface area contributed by atoms with Crippen LogP contribution in [0.5, 0.6) is 0 Å². The normalized spacial score (nSPS) is 35.1. The van der Waals surface area contributed by atoms with Gasteiger partial charge in [-0.25, -0.2) is 0 Å². The second-order valence-electron chi connectivity index (χ2n) is 18.3. The van der Waals surface area contributed by atoms with Crippen LogP contribution in [-0.4, -0.2) is 75.2 Å². The van der Waals surface area contributed by atoms with Gasteiger partial charge in [0, 0.05) is 35.3 Å². The summed E-state index contributed by atoms with van der Waals surface area (Å²) in [5, 5.41) is 46.2. The van der Waals surface area contributed by atoms with E-state index in [9.17, 15) is 25.2 Å². The zero-order valence-corrected chi connectivity index (χ0v) is 32.1. The second kappa shape index (κ2) is 14.4. The molecule has 7 heteroatoms. The highest BCUT2D eigenvalue weighted by Crippen LogP contribution is 2.62. The molecule has 4 N–H and O–H groups in total. The first-order valence-corrected chi connectivity index (χ1v) is 21.0. The molecule has 0 spiro atoms. The fourth-order valence-electron chi connectivity index (χ4n) is 12.3. The molecule has 2 aromatic carbocycles. The Morgan fingerprint density at radius 2 is 1.71 bits per heavy atom. The highest BCUT2D eigenvalue weighted by molar-refractivity contribution is 7.21. The molecule has 1 heterocycles. The molecular formula is C45H59NO5S. The third-order valence-electron chi connectivity index (χ3n) is 14.5. The van der Waals surface area contributed by atoms with Gasteiger partial charge in [0.1, 0.15) is 0 Å². The Morgan fingerprint density at radius 1 is 0.981 bits per heavy atom. The van der Waals surface area contributed by atoms with Crippen molar-refractivity contribution in [3.8, 4) is 0 Å². The maximum absolute atomic E-state index is 14.6. The number of allylic oxidation sites excluding steroid dienone is 2. The molecule has 7 aliphatic carbocycles. The lowest BCUT2D eigenvalue weighted by Crippen LogP contribution is -2.57. The maximum Gasteiger partial charge on any atom is 0.203 e. The van der Waals surface area contributed by atoms with Crippen molar-refractivity contribution in [1.82, 2.24) is 4.90 Å². The molecule has 5 atom stereocenters. The minimum absolute atomic E-state index is 0.0164. The maximum atomic E-state index is 14.6. The molecule has 52 heavy (non-hydrogen) atoms. The van der Waals surface area contributed by atoms with Crippen LogP contribution in [0.25, 0.3) is 10.1 Å². The van der Waals surface area contributed by atoms with Crippen LogP contribution in [0.3, 0.4) is 0 Å². The summed E-state index contributed by atoms with van der Waals surface area (Å²) in [4.78, 5) is 17.7. The summed E-state index contributed by atoms with van der Waals surface area (Å²) >= 11 is 1.53. The molecule has 5 saturated carbocycles. The number of rotatable bonds is 9. The van der Waals surface area contributed by atoms with Crippen LogP contribution in [0.2, 0.25) is 0 Å². The molecule has 5 unspecified atom stereocenters. The number of fused-ring (bicyclic) bond motifs is 9. The average molecular weight is 726 g/mol. The largest absolute Gasteiger partial charge is 0.394 e. The first kappa shape index (κ1) is 36.6. The van der Waals surface area contributed by atoms with Gasteiger partial charge in [0.25, 0.3) is 0 Å². The van der Waals surface area contributed by atoms with Crippen molar-refractivity contribution >= 4 is 27.2 Å². The van der Waals surface area contributed by atoms with E-state index in [4.69, 9.17) is 0 Å². The van der Waals surface area contributed by atoms with Crippen molar-refractivity contribution in [2.75, 3.05) is 26.2 Å². The zero-order chi connectivity index (χ0) is 36.3. The van der Waals surface area contributed by atoms with Gasteiger partial charge in [-0.15, -0.1) is 11.3 Å². The van der Waals surface area contributed by atoms with E-state index >= 15 is 0 Å². The molecule has 0 amide bonds. The van der Waals surface area contributed by atoms with E-state index in [0.29, 0.717) is 37.9 Å². The standard InChI is InChI=1S/C45H59NO5S/c1-29-6-5-14-43(2)39(13-15-45(43,51)28-46(25-36(49)26-47)27-44-22-31-16-32(23-44)18-33(17-31)24-44)37-12-10-30(19-35(48)11-9-29)20-38(37)42(50)41-21-34-7-3-4-8-40(34)52-41/h3-4,6-8,10,12,20-21,31-33,35-36,39,47-49,51H,5,9,11,13-19,22-28H2,1-2H3. The lowest BCUT2D eigenvalue weighted by Gasteiger charge is -2.58. The number of benzene rings is 2. The Kier molecular flexibility index (Phi) is 10.1. The van der Waals surface area contributed by atoms with Crippen LogP contribution < -0.4 is 0 Å². The minimum atomic E-state index is -1.05. The highest BCUT2D eigenvalue weighted by Gasteiger charge is 2.58. The Bertz CT molecular complexity index is 1750. The third-order valence-corrected chi connectivity index (χ3v) is 15.6. The summed E-state index contributed by atoms with van der Waals surface area (Å²) in [6, 6.07) is 16.4. The van der Waals surface area contributed by atoms with E-state index in [1.54, 1.807) is 0 Å². The predicted octanol–water partition coefficient (Wildman–Crippen LogP) is 8.04. The molecule has 6 nitrogen and oxygen atoms in total. The average Bonchev–Trinajstić information content (AvgIpc) is 3.64. The molecular weight excluding hydrogens is 667 g/mol. The van der Waals surface area contributed by atoms with Gasteiger partial charge in [-0.05, 0) is 154 Å². The number of hydrogen-bond acceptors (Lipinski definition) is 7. The molecule has 5 fully saturated rings. The van der Waals surface area contributed by atoms with Crippen LogP contribution in [0.1, 0.15) is 123 Å². The fourth-order valence-corrected chi connectivity index (χ4v) is 13.3. The summed E-state index contributed by atoms with van der Waals surface area (Å²) in [5.41, 5.74) is 2.55. The van der Waals surface area contributed by atoms with Gasteiger partial charge in [0.2, 0.25) is 5.78 Å². The number of aliphatic hydroxyl groups excluding tert-OH is 3. The summed E-state index contributed by atoms with van der Waals surface area (Å²) in [7, 11) is 0.